The molecule has 0 aliphatic carbocycles. The largest absolute Gasteiger partial charge is 0.383 e. The minimum atomic E-state index is -0.437. The van der Waals surface area contributed by atoms with Gasteiger partial charge in [0.2, 0.25) is 0 Å². The van der Waals surface area contributed by atoms with Gasteiger partial charge < -0.3 is 10.6 Å². The Labute approximate surface area is 147 Å². The lowest BCUT2D eigenvalue weighted by atomic mass is 10.1. The molecule has 7 heteroatoms. The van der Waals surface area contributed by atoms with Gasteiger partial charge >= 0.3 is 0 Å². The third kappa shape index (κ3) is 4.65. The lowest BCUT2D eigenvalue weighted by Crippen LogP contribution is -2.29. The van der Waals surface area contributed by atoms with E-state index in [4.69, 9.17) is 0 Å². The number of halogens is 1. The number of anilines is 1. The van der Waals surface area contributed by atoms with Gasteiger partial charge in [-0.15, -0.1) is 0 Å². The molecule has 0 aromatic heterocycles. The summed E-state index contributed by atoms with van der Waals surface area (Å²) in [7, 11) is 0. The molecule has 0 fully saturated rings. The molecule has 2 aromatic rings. The number of hydrogen-bond acceptors (Lipinski definition) is 4. The summed E-state index contributed by atoms with van der Waals surface area (Å²) in [5.41, 5.74) is 2.57. The Morgan fingerprint density at radius 3 is 2.52 bits per heavy atom. The molecule has 0 saturated heterocycles. The summed E-state index contributed by atoms with van der Waals surface area (Å²) in [6, 6.07) is 11.8. The van der Waals surface area contributed by atoms with Crippen LogP contribution in [0.15, 0.2) is 42.5 Å². The number of nitrogens with zero attached hydrogens (tertiary/aromatic N) is 1. The zero-order valence-corrected chi connectivity index (χ0v) is 14.7. The van der Waals surface area contributed by atoms with E-state index >= 15 is 0 Å². The summed E-state index contributed by atoms with van der Waals surface area (Å²) in [6.07, 6.45) is 0. The Morgan fingerprint density at radius 1 is 1.17 bits per heavy atom. The molecule has 0 atom stereocenters. The van der Waals surface area contributed by atoms with Gasteiger partial charge in [-0.1, -0.05) is 12.1 Å². The van der Waals surface area contributed by atoms with Crippen LogP contribution >= 0.6 is 22.6 Å². The first-order chi connectivity index (χ1) is 11.0. The highest BCUT2D eigenvalue weighted by Gasteiger charge is 2.10. The molecule has 0 aliphatic rings. The second-order valence-electron chi connectivity index (χ2n) is 4.92. The van der Waals surface area contributed by atoms with Gasteiger partial charge in [-0.25, -0.2) is 0 Å². The van der Waals surface area contributed by atoms with E-state index in [1.807, 2.05) is 19.1 Å². The molecule has 0 bridgehead atoms. The first-order valence-corrected chi connectivity index (χ1v) is 8.08. The van der Waals surface area contributed by atoms with Crippen molar-refractivity contribution in [2.45, 2.75) is 6.92 Å². The Balaban J connectivity index is 1.82. The van der Waals surface area contributed by atoms with Crippen molar-refractivity contribution in [2.75, 3.05) is 18.4 Å². The average molecular weight is 425 g/mol. The number of nitro benzene ring substituents is 1. The van der Waals surface area contributed by atoms with Gasteiger partial charge in [0, 0.05) is 34.5 Å². The Morgan fingerprint density at radius 2 is 1.87 bits per heavy atom. The van der Waals surface area contributed by atoms with Crippen LogP contribution in [0.2, 0.25) is 0 Å². The fourth-order valence-corrected chi connectivity index (χ4v) is 2.61. The summed E-state index contributed by atoms with van der Waals surface area (Å²) < 4.78 is 0.950. The van der Waals surface area contributed by atoms with Gasteiger partial charge in [-0.2, -0.15) is 0 Å². The van der Waals surface area contributed by atoms with Crippen molar-refractivity contribution in [1.29, 1.82) is 0 Å². The van der Waals surface area contributed by atoms with E-state index in [-0.39, 0.29) is 11.6 Å². The van der Waals surface area contributed by atoms with Gasteiger partial charge in [-0.05, 0) is 53.3 Å². The van der Waals surface area contributed by atoms with Crippen LogP contribution < -0.4 is 10.6 Å². The van der Waals surface area contributed by atoms with E-state index < -0.39 is 4.92 Å². The zero-order valence-electron chi connectivity index (χ0n) is 12.5. The minimum Gasteiger partial charge on any atom is -0.383 e. The molecule has 0 spiro atoms. The number of carbonyl (C=O) groups is 1. The summed E-state index contributed by atoms with van der Waals surface area (Å²) >= 11 is 2.17. The number of aryl methyl sites for hydroxylation is 1. The van der Waals surface area contributed by atoms with Crippen LogP contribution in [0.25, 0.3) is 0 Å². The van der Waals surface area contributed by atoms with Crippen molar-refractivity contribution in [3.63, 3.8) is 0 Å². The van der Waals surface area contributed by atoms with E-state index in [0.717, 1.165) is 14.8 Å². The van der Waals surface area contributed by atoms with E-state index in [2.05, 4.69) is 33.2 Å². The van der Waals surface area contributed by atoms with E-state index in [1.165, 1.54) is 12.1 Å². The minimum absolute atomic E-state index is 0.0536. The van der Waals surface area contributed by atoms with Crippen LogP contribution in [-0.4, -0.2) is 23.9 Å². The average Bonchev–Trinajstić information content (AvgIpc) is 2.54. The van der Waals surface area contributed by atoms with Crippen molar-refractivity contribution in [3.8, 4) is 0 Å². The molecule has 0 unspecified atom stereocenters. The van der Waals surface area contributed by atoms with Crippen molar-refractivity contribution in [1.82, 2.24) is 5.32 Å². The van der Waals surface area contributed by atoms with Gasteiger partial charge in [0.05, 0.1) is 10.5 Å². The number of amides is 1. The standard InChI is InChI=1S/C16H16IN3O3/c1-11-3-2-4-14(15(11)17)16(21)19-10-9-18-12-5-7-13(8-6-12)20(22)23/h2-8,18H,9-10H2,1H3,(H,19,21). The Bertz CT molecular complexity index is 717. The maximum atomic E-state index is 12.1. The Kier molecular flexibility index (Phi) is 5.91. The summed E-state index contributed by atoms with van der Waals surface area (Å²) in [5, 5.41) is 16.5. The fraction of sp³-hybridized carbons (Fsp3) is 0.188. The molecule has 0 radical (unpaired) electrons. The molecule has 2 N–H and O–H groups in total. The summed E-state index contributed by atoms with van der Waals surface area (Å²) in [6.45, 7) is 2.96. The zero-order chi connectivity index (χ0) is 16.8. The smallest absolute Gasteiger partial charge is 0.269 e. The van der Waals surface area contributed by atoms with Crippen LogP contribution in [0.3, 0.4) is 0 Å². The molecular weight excluding hydrogens is 409 g/mol. The molecule has 0 aliphatic heterocycles. The summed E-state index contributed by atoms with van der Waals surface area (Å²) in [5.74, 6) is -0.108. The second kappa shape index (κ2) is 7.91. The molecule has 0 heterocycles. The molecular formula is C16H16IN3O3. The Hall–Kier alpha value is -2.16. The molecule has 1 amide bonds. The molecule has 0 saturated carbocycles. The normalized spacial score (nSPS) is 10.2. The van der Waals surface area contributed by atoms with Crippen LogP contribution in [0, 0.1) is 20.6 Å². The first kappa shape index (κ1) is 17.2. The van der Waals surface area contributed by atoms with E-state index in [0.29, 0.717) is 18.7 Å². The quantitative estimate of drug-likeness (QED) is 0.322. The van der Waals surface area contributed by atoms with Crippen LogP contribution in [0.1, 0.15) is 15.9 Å². The van der Waals surface area contributed by atoms with Crippen molar-refractivity contribution >= 4 is 39.9 Å². The monoisotopic (exact) mass is 425 g/mol. The SMILES string of the molecule is Cc1cccc(C(=O)NCCNc2ccc([N+](=O)[O-])cc2)c1I. The number of non-ortho nitro benzene ring substituents is 1. The van der Waals surface area contributed by atoms with E-state index in [1.54, 1.807) is 18.2 Å². The van der Waals surface area contributed by atoms with E-state index in [9.17, 15) is 14.9 Å². The van der Waals surface area contributed by atoms with Crippen molar-refractivity contribution in [3.05, 3.63) is 67.3 Å². The van der Waals surface area contributed by atoms with Gasteiger partial charge in [0.15, 0.2) is 0 Å². The highest BCUT2D eigenvalue weighted by atomic mass is 127. The number of nitro groups is 1. The second-order valence-corrected chi connectivity index (χ2v) is 6.00. The van der Waals surface area contributed by atoms with Crippen LogP contribution in [0.4, 0.5) is 11.4 Å². The highest BCUT2D eigenvalue weighted by Crippen LogP contribution is 2.17. The third-order valence-electron chi connectivity index (χ3n) is 3.25. The lowest BCUT2D eigenvalue weighted by molar-refractivity contribution is -0.384. The number of benzene rings is 2. The maximum Gasteiger partial charge on any atom is 0.269 e. The maximum absolute atomic E-state index is 12.1. The fourth-order valence-electron chi connectivity index (χ4n) is 2.00. The molecule has 6 nitrogen and oxygen atoms in total. The van der Waals surface area contributed by atoms with Gasteiger partial charge in [0.1, 0.15) is 0 Å². The summed E-state index contributed by atoms with van der Waals surface area (Å²) in [4.78, 5) is 22.3. The van der Waals surface area contributed by atoms with Gasteiger partial charge in [0.25, 0.3) is 11.6 Å². The molecule has 23 heavy (non-hydrogen) atoms. The third-order valence-corrected chi connectivity index (χ3v) is 4.69. The van der Waals surface area contributed by atoms with Crippen molar-refractivity contribution < 1.29 is 9.72 Å². The van der Waals surface area contributed by atoms with Gasteiger partial charge in [-0.3, -0.25) is 14.9 Å². The lowest BCUT2D eigenvalue weighted by Gasteiger charge is -2.10. The van der Waals surface area contributed by atoms with Crippen LogP contribution in [0.5, 0.6) is 0 Å². The number of rotatable bonds is 6. The number of hydrogen-bond donors (Lipinski definition) is 2. The topological polar surface area (TPSA) is 84.3 Å². The first-order valence-electron chi connectivity index (χ1n) is 7.00. The van der Waals surface area contributed by atoms with Crippen molar-refractivity contribution in [2.24, 2.45) is 0 Å². The number of carbonyl (C=O) groups excluding carboxylic acids is 1. The highest BCUT2D eigenvalue weighted by molar-refractivity contribution is 14.1. The number of nitrogens with one attached hydrogen (secondary N) is 2. The van der Waals surface area contributed by atoms with Crippen LogP contribution in [-0.2, 0) is 0 Å². The molecule has 120 valence electrons. The molecule has 2 aromatic carbocycles. The molecule has 2 rings (SSSR count). The predicted molar refractivity (Wildman–Crippen MR) is 97.8 cm³/mol. The predicted octanol–water partition coefficient (Wildman–Crippen LogP) is 3.35.